The van der Waals surface area contributed by atoms with E-state index in [2.05, 4.69) is 31.4 Å². The molecule has 2 N–H and O–H groups in total. The van der Waals surface area contributed by atoms with Gasteiger partial charge in [0.1, 0.15) is 0 Å². The molecule has 0 fully saturated rings. The van der Waals surface area contributed by atoms with Crippen molar-refractivity contribution in [3.05, 3.63) is 0 Å². The Morgan fingerprint density at radius 1 is 1.17 bits per heavy atom. The fourth-order valence-electron chi connectivity index (χ4n) is 1.48. The molecule has 18 heavy (non-hydrogen) atoms. The predicted molar refractivity (Wildman–Crippen MR) is 74.4 cm³/mol. The van der Waals surface area contributed by atoms with Gasteiger partial charge in [0.2, 0.25) is 5.91 Å². The highest BCUT2D eigenvalue weighted by Gasteiger charge is 2.28. The molecule has 1 unspecified atom stereocenters. The van der Waals surface area contributed by atoms with Crippen LogP contribution in [0, 0.1) is 5.92 Å². The van der Waals surface area contributed by atoms with Crippen LogP contribution in [0.2, 0.25) is 0 Å². The number of hydrogen-bond donors (Lipinski definition) is 2. The van der Waals surface area contributed by atoms with E-state index in [0.29, 0.717) is 6.42 Å². The van der Waals surface area contributed by atoms with Gasteiger partial charge in [0.15, 0.2) is 5.78 Å². The monoisotopic (exact) mass is 256 g/mol. The van der Waals surface area contributed by atoms with Gasteiger partial charge in [-0.2, -0.15) is 0 Å². The van der Waals surface area contributed by atoms with E-state index in [1.54, 1.807) is 6.92 Å². The number of ketones is 1. The van der Waals surface area contributed by atoms with Crippen molar-refractivity contribution in [1.82, 2.24) is 10.6 Å². The molecule has 106 valence electrons. The lowest BCUT2D eigenvalue weighted by Gasteiger charge is -2.32. The summed E-state index contributed by atoms with van der Waals surface area (Å²) >= 11 is 0. The smallest absolute Gasteiger partial charge is 0.237 e. The fraction of sp³-hybridized carbons (Fsp3) is 0.857. The largest absolute Gasteiger partial charge is 0.348 e. The first-order chi connectivity index (χ1) is 8.23. The number of amides is 1. The third-order valence-corrected chi connectivity index (χ3v) is 3.23. The number of carbonyl (C=O) groups is 2. The van der Waals surface area contributed by atoms with E-state index in [0.717, 1.165) is 6.42 Å². The van der Waals surface area contributed by atoms with E-state index >= 15 is 0 Å². The molecule has 0 bridgehead atoms. The van der Waals surface area contributed by atoms with Gasteiger partial charge in [0.05, 0.1) is 12.6 Å². The van der Waals surface area contributed by atoms with Crippen molar-refractivity contribution in [1.29, 1.82) is 0 Å². The molecular weight excluding hydrogens is 228 g/mol. The first kappa shape index (κ1) is 17.1. The second kappa shape index (κ2) is 7.52. The van der Waals surface area contributed by atoms with E-state index < -0.39 is 0 Å². The topological polar surface area (TPSA) is 58.2 Å². The molecule has 0 spiro atoms. The van der Waals surface area contributed by atoms with Crippen molar-refractivity contribution in [2.24, 2.45) is 5.92 Å². The van der Waals surface area contributed by atoms with Crippen LogP contribution in [-0.4, -0.2) is 29.8 Å². The fourth-order valence-corrected chi connectivity index (χ4v) is 1.48. The van der Waals surface area contributed by atoms with E-state index in [-0.39, 0.29) is 35.7 Å². The third-order valence-electron chi connectivity index (χ3n) is 3.23. The molecular formula is C14H28N2O2. The molecule has 0 saturated heterocycles. The number of rotatable bonds is 8. The van der Waals surface area contributed by atoms with Crippen LogP contribution < -0.4 is 10.6 Å². The predicted octanol–water partition coefficient (Wildman–Crippen LogP) is 1.88. The Hall–Kier alpha value is -0.900. The van der Waals surface area contributed by atoms with Crippen molar-refractivity contribution in [3.8, 4) is 0 Å². The maximum Gasteiger partial charge on any atom is 0.237 e. The van der Waals surface area contributed by atoms with E-state index in [9.17, 15) is 9.59 Å². The lowest BCUT2D eigenvalue weighted by molar-refractivity contribution is -0.127. The summed E-state index contributed by atoms with van der Waals surface area (Å²) in [7, 11) is 0. The number of nitrogens with one attached hydrogen (secondary N) is 2. The molecule has 0 aromatic rings. The van der Waals surface area contributed by atoms with Gasteiger partial charge in [-0.1, -0.05) is 27.7 Å². The molecule has 0 aliphatic rings. The summed E-state index contributed by atoms with van der Waals surface area (Å²) in [6.45, 7) is 12.2. The maximum atomic E-state index is 12.1. The minimum Gasteiger partial charge on any atom is -0.348 e. The summed E-state index contributed by atoms with van der Waals surface area (Å²) in [6, 6.07) is -0.260. The third kappa shape index (κ3) is 6.15. The Morgan fingerprint density at radius 2 is 1.72 bits per heavy atom. The van der Waals surface area contributed by atoms with E-state index in [4.69, 9.17) is 0 Å². The molecule has 1 atom stereocenters. The van der Waals surface area contributed by atoms with Crippen LogP contribution in [0.5, 0.6) is 0 Å². The van der Waals surface area contributed by atoms with Crippen molar-refractivity contribution >= 4 is 11.7 Å². The number of carbonyl (C=O) groups excluding carboxylic acids is 2. The number of hydrogen-bond acceptors (Lipinski definition) is 3. The van der Waals surface area contributed by atoms with Crippen LogP contribution in [0.3, 0.4) is 0 Å². The Morgan fingerprint density at radius 3 is 2.11 bits per heavy atom. The van der Waals surface area contributed by atoms with Gasteiger partial charge in [-0.05, 0) is 26.2 Å². The van der Waals surface area contributed by atoms with E-state index in [1.165, 1.54) is 0 Å². The zero-order chi connectivity index (χ0) is 14.3. The summed E-state index contributed by atoms with van der Waals surface area (Å²) in [6.07, 6.45) is 1.40. The average Bonchev–Trinajstić information content (AvgIpc) is 2.32. The van der Waals surface area contributed by atoms with Crippen molar-refractivity contribution in [2.75, 3.05) is 6.54 Å². The standard InChI is InChI=1S/C14H28N2O2/c1-7-11(17)9-15-13(18)12(10(3)4)16-14(5,6)8-2/h10,12,16H,7-9H2,1-6H3,(H,15,18). The summed E-state index contributed by atoms with van der Waals surface area (Å²) in [5.74, 6) is 0.154. The zero-order valence-corrected chi connectivity index (χ0v) is 12.6. The maximum absolute atomic E-state index is 12.1. The van der Waals surface area contributed by atoms with Gasteiger partial charge in [-0.3, -0.25) is 9.59 Å². The Bertz CT molecular complexity index is 286. The Balaban J connectivity index is 4.51. The second-order valence-electron chi connectivity index (χ2n) is 5.71. The first-order valence-electron chi connectivity index (χ1n) is 6.80. The second-order valence-corrected chi connectivity index (χ2v) is 5.71. The van der Waals surface area contributed by atoms with Gasteiger partial charge < -0.3 is 10.6 Å². The highest BCUT2D eigenvalue weighted by Crippen LogP contribution is 2.12. The quantitative estimate of drug-likeness (QED) is 0.697. The molecule has 0 radical (unpaired) electrons. The lowest BCUT2D eigenvalue weighted by atomic mass is 9.95. The molecule has 0 heterocycles. The van der Waals surface area contributed by atoms with Crippen molar-refractivity contribution < 1.29 is 9.59 Å². The number of Topliss-reactive ketones (excluding diaryl/α,β-unsaturated/α-hetero) is 1. The molecule has 4 nitrogen and oxygen atoms in total. The summed E-state index contributed by atoms with van der Waals surface area (Å²) in [5, 5.41) is 6.07. The van der Waals surface area contributed by atoms with Gasteiger partial charge in [-0.15, -0.1) is 0 Å². The van der Waals surface area contributed by atoms with Crippen LogP contribution in [0.15, 0.2) is 0 Å². The van der Waals surface area contributed by atoms with Gasteiger partial charge in [0.25, 0.3) is 0 Å². The summed E-state index contributed by atoms with van der Waals surface area (Å²) < 4.78 is 0. The highest BCUT2D eigenvalue weighted by molar-refractivity contribution is 5.88. The van der Waals surface area contributed by atoms with Gasteiger partial charge >= 0.3 is 0 Å². The molecule has 4 heteroatoms. The first-order valence-corrected chi connectivity index (χ1v) is 6.80. The van der Waals surface area contributed by atoms with Gasteiger partial charge in [0, 0.05) is 12.0 Å². The summed E-state index contributed by atoms with van der Waals surface area (Å²) in [4.78, 5) is 23.3. The van der Waals surface area contributed by atoms with Crippen LogP contribution in [-0.2, 0) is 9.59 Å². The SMILES string of the molecule is CCC(=O)CNC(=O)C(NC(C)(C)CC)C(C)C. The highest BCUT2D eigenvalue weighted by atomic mass is 16.2. The van der Waals surface area contributed by atoms with Gasteiger partial charge in [-0.25, -0.2) is 0 Å². The normalized spacial score (nSPS) is 13.5. The molecule has 0 aromatic carbocycles. The molecule has 0 saturated carbocycles. The molecule has 0 aliphatic carbocycles. The van der Waals surface area contributed by atoms with Crippen molar-refractivity contribution in [2.45, 2.75) is 66.0 Å². The molecule has 1 amide bonds. The van der Waals surface area contributed by atoms with Crippen LogP contribution >= 0.6 is 0 Å². The van der Waals surface area contributed by atoms with E-state index in [1.807, 2.05) is 13.8 Å². The van der Waals surface area contributed by atoms with Crippen LogP contribution in [0.25, 0.3) is 0 Å². The zero-order valence-electron chi connectivity index (χ0n) is 12.6. The molecule has 0 aliphatic heterocycles. The Kier molecular flexibility index (Phi) is 7.14. The summed E-state index contributed by atoms with van der Waals surface area (Å²) in [5.41, 5.74) is -0.0823. The average molecular weight is 256 g/mol. The lowest BCUT2D eigenvalue weighted by Crippen LogP contribution is -2.55. The van der Waals surface area contributed by atoms with Crippen molar-refractivity contribution in [3.63, 3.8) is 0 Å². The minimum absolute atomic E-state index is 0.0561. The Labute approximate surface area is 111 Å². The van der Waals surface area contributed by atoms with Crippen LogP contribution in [0.4, 0.5) is 0 Å². The molecule has 0 aromatic heterocycles. The minimum atomic E-state index is -0.260. The molecule has 0 rings (SSSR count). The van der Waals surface area contributed by atoms with Crippen LogP contribution in [0.1, 0.15) is 54.4 Å².